The van der Waals surface area contributed by atoms with Crippen molar-refractivity contribution in [1.29, 1.82) is 0 Å². The maximum absolute atomic E-state index is 12.3. The molecule has 0 amide bonds. The van der Waals surface area contributed by atoms with Gasteiger partial charge in [-0.2, -0.15) is 13.2 Å². The van der Waals surface area contributed by atoms with Crippen LogP contribution in [0, 0.1) is 0 Å². The van der Waals surface area contributed by atoms with Crippen molar-refractivity contribution in [3.8, 4) is 17.2 Å². The highest BCUT2D eigenvalue weighted by atomic mass is 19.4. The number of hydrogen-bond donors (Lipinski definition) is 2. The molecule has 2 N–H and O–H groups in total. The lowest BCUT2D eigenvalue weighted by atomic mass is 10.1. The highest BCUT2D eigenvalue weighted by Crippen LogP contribution is 2.38. The Labute approximate surface area is 119 Å². The van der Waals surface area contributed by atoms with Crippen LogP contribution in [-0.2, 0) is 6.54 Å². The third-order valence-corrected chi connectivity index (χ3v) is 2.90. The third-order valence-electron chi connectivity index (χ3n) is 2.90. The zero-order valence-electron chi connectivity index (χ0n) is 11.4. The lowest BCUT2D eigenvalue weighted by molar-refractivity contribution is -0.210. The number of nitrogens with one attached hydrogen (secondary N) is 1. The van der Waals surface area contributed by atoms with E-state index in [0.29, 0.717) is 30.2 Å². The summed E-state index contributed by atoms with van der Waals surface area (Å²) in [5.74, 6) is 1.15. The lowest BCUT2D eigenvalue weighted by Gasteiger charge is -2.17. The molecule has 0 bridgehead atoms. The maximum Gasteiger partial charge on any atom is 0.417 e. The van der Waals surface area contributed by atoms with E-state index in [2.05, 4.69) is 5.32 Å². The van der Waals surface area contributed by atoms with Gasteiger partial charge in [0.2, 0.25) is 6.79 Å². The molecule has 0 saturated heterocycles. The van der Waals surface area contributed by atoms with Crippen molar-refractivity contribution < 1.29 is 32.5 Å². The highest BCUT2D eigenvalue weighted by Gasteiger charge is 2.38. The highest BCUT2D eigenvalue weighted by molar-refractivity contribution is 5.51. The molecule has 0 aromatic heterocycles. The number of fused-ring (bicyclic) bond motifs is 1. The number of aliphatic hydroxyl groups excluding tert-OH is 1. The minimum Gasteiger partial charge on any atom is -0.490 e. The molecule has 1 aromatic rings. The average Bonchev–Trinajstić information content (AvgIpc) is 2.87. The van der Waals surface area contributed by atoms with Crippen molar-refractivity contribution in [3.05, 3.63) is 17.7 Å². The Balaban J connectivity index is 2.13. The summed E-state index contributed by atoms with van der Waals surface area (Å²) in [6.45, 7) is 2.19. The summed E-state index contributed by atoms with van der Waals surface area (Å²) in [5.41, 5.74) is 0.635. The monoisotopic (exact) mass is 307 g/mol. The van der Waals surface area contributed by atoms with E-state index < -0.39 is 18.9 Å². The molecule has 8 heteroatoms. The summed E-state index contributed by atoms with van der Waals surface area (Å²) in [4.78, 5) is 0. The van der Waals surface area contributed by atoms with Crippen LogP contribution in [-0.4, -0.2) is 37.3 Å². The third kappa shape index (κ3) is 3.92. The Bertz CT molecular complexity index is 493. The molecule has 1 aliphatic rings. The minimum atomic E-state index is -4.71. The van der Waals surface area contributed by atoms with E-state index in [-0.39, 0.29) is 12.5 Å². The van der Waals surface area contributed by atoms with Gasteiger partial charge in [0.15, 0.2) is 17.6 Å². The van der Waals surface area contributed by atoms with Gasteiger partial charge >= 0.3 is 6.18 Å². The van der Waals surface area contributed by atoms with Crippen LogP contribution in [0.15, 0.2) is 12.1 Å². The molecule has 5 nitrogen and oxygen atoms in total. The molecule has 1 heterocycles. The Kier molecular flexibility index (Phi) is 4.79. The van der Waals surface area contributed by atoms with Gasteiger partial charge < -0.3 is 24.6 Å². The van der Waals surface area contributed by atoms with Crippen LogP contribution in [0.1, 0.15) is 12.5 Å². The molecule has 0 saturated carbocycles. The second-order valence-corrected chi connectivity index (χ2v) is 4.46. The van der Waals surface area contributed by atoms with Crippen molar-refractivity contribution in [2.75, 3.05) is 19.9 Å². The predicted molar refractivity (Wildman–Crippen MR) is 67.5 cm³/mol. The molecule has 0 spiro atoms. The Morgan fingerprint density at radius 2 is 2.00 bits per heavy atom. The number of hydrogen-bond acceptors (Lipinski definition) is 5. The van der Waals surface area contributed by atoms with E-state index in [1.54, 1.807) is 6.07 Å². The Morgan fingerprint density at radius 1 is 1.33 bits per heavy atom. The van der Waals surface area contributed by atoms with E-state index in [1.807, 2.05) is 6.92 Å². The van der Waals surface area contributed by atoms with Crippen LogP contribution < -0.4 is 19.5 Å². The van der Waals surface area contributed by atoms with E-state index in [1.165, 1.54) is 6.07 Å². The van der Waals surface area contributed by atoms with Gasteiger partial charge in [-0.15, -0.1) is 0 Å². The maximum atomic E-state index is 12.3. The molecular weight excluding hydrogens is 291 g/mol. The van der Waals surface area contributed by atoms with Gasteiger partial charge in [0.05, 0.1) is 0 Å². The van der Waals surface area contributed by atoms with Crippen molar-refractivity contribution >= 4 is 0 Å². The molecule has 21 heavy (non-hydrogen) atoms. The van der Waals surface area contributed by atoms with E-state index >= 15 is 0 Å². The number of alkyl halides is 3. The molecule has 1 aromatic carbocycles. The predicted octanol–water partition coefficient (Wildman–Crippen LogP) is 1.83. The van der Waals surface area contributed by atoms with Crippen LogP contribution in [0.5, 0.6) is 17.2 Å². The first kappa shape index (κ1) is 15.7. The molecule has 0 fully saturated rings. The van der Waals surface area contributed by atoms with E-state index in [0.717, 1.165) is 0 Å². The van der Waals surface area contributed by atoms with E-state index in [4.69, 9.17) is 19.3 Å². The van der Waals surface area contributed by atoms with Gasteiger partial charge in [-0.3, -0.25) is 0 Å². The number of benzene rings is 1. The molecule has 118 valence electrons. The number of ether oxygens (including phenoxy) is 3. The quantitative estimate of drug-likeness (QED) is 0.839. The minimum absolute atomic E-state index is 0.0601. The summed E-state index contributed by atoms with van der Waals surface area (Å²) >= 11 is 0. The van der Waals surface area contributed by atoms with Crippen LogP contribution in [0.25, 0.3) is 0 Å². The zero-order chi connectivity index (χ0) is 15.5. The van der Waals surface area contributed by atoms with Crippen LogP contribution in [0.3, 0.4) is 0 Å². The molecule has 1 unspecified atom stereocenters. The number of aliphatic hydroxyl groups is 1. The normalized spacial score (nSPS) is 15.1. The molecule has 1 aliphatic heterocycles. The van der Waals surface area contributed by atoms with Crippen LogP contribution in [0.2, 0.25) is 0 Å². The smallest absolute Gasteiger partial charge is 0.417 e. The summed E-state index contributed by atoms with van der Waals surface area (Å²) in [6, 6.07) is 3.12. The molecule has 0 radical (unpaired) electrons. The first-order valence-electron chi connectivity index (χ1n) is 6.42. The van der Waals surface area contributed by atoms with Crippen molar-refractivity contribution in [2.45, 2.75) is 25.7 Å². The Hall–Kier alpha value is -1.67. The van der Waals surface area contributed by atoms with E-state index in [9.17, 15) is 13.2 Å². The van der Waals surface area contributed by atoms with Gasteiger partial charge in [-0.25, -0.2) is 0 Å². The fourth-order valence-electron chi connectivity index (χ4n) is 1.76. The Morgan fingerprint density at radius 3 is 2.62 bits per heavy atom. The standard InChI is InChI=1S/C13H16F3NO4/c1-2-17-5-8-3-10-11(21-7-20-10)4-9(8)19-6-12(18)13(14,15)16/h3-4,12,17-18H,2,5-7H2,1H3. The van der Waals surface area contributed by atoms with Gasteiger partial charge in [-0.1, -0.05) is 6.92 Å². The average molecular weight is 307 g/mol. The molecule has 0 aliphatic carbocycles. The number of rotatable bonds is 6. The number of halogens is 3. The second-order valence-electron chi connectivity index (χ2n) is 4.46. The molecular formula is C13H16F3NO4. The van der Waals surface area contributed by atoms with Crippen molar-refractivity contribution in [3.63, 3.8) is 0 Å². The SMILES string of the molecule is CCNCc1cc2c(cc1OCC(O)C(F)(F)F)OCO2. The van der Waals surface area contributed by atoms with Crippen molar-refractivity contribution in [2.24, 2.45) is 0 Å². The van der Waals surface area contributed by atoms with Gasteiger partial charge in [-0.05, 0) is 12.6 Å². The van der Waals surface area contributed by atoms with Crippen LogP contribution >= 0.6 is 0 Å². The molecule has 2 rings (SSSR count). The lowest BCUT2D eigenvalue weighted by Crippen LogP contribution is -2.34. The summed E-state index contributed by atoms with van der Waals surface area (Å²) in [6.07, 6.45) is -7.24. The van der Waals surface area contributed by atoms with Crippen molar-refractivity contribution in [1.82, 2.24) is 5.32 Å². The van der Waals surface area contributed by atoms with Crippen LogP contribution in [0.4, 0.5) is 13.2 Å². The largest absolute Gasteiger partial charge is 0.490 e. The van der Waals surface area contributed by atoms with Gasteiger partial charge in [0.1, 0.15) is 12.4 Å². The first-order chi connectivity index (χ1) is 9.91. The van der Waals surface area contributed by atoms with Gasteiger partial charge in [0, 0.05) is 18.2 Å². The second kappa shape index (κ2) is 6.40. The first-order valence-corrected chi connectivity index (χ1v) is 6.42. The van der Waals surface area contributed by atoms with Gasteiger partial charge in [0.25, 0.3) is 0 Å². The summed E-state index contributed by atoms with van der Waals surface area (Å²) < 4.78 is 52.3. The summed E-state index contributed by atoms with van der Waals surface area (Å²) in [5, 5.41) is 12.0. The topological polar surface area (TPSA) is 60.0 Å². The fourth-order valence-corrected chi connectivity index (χ4v) is 1.76. The zero-order valence-corrected chi connectivity index (χ0v) is 11.4. The molecule has 1 atom stereocenters. The fraction of sp³-hybridized carbons (Fsp3) is 0.538. The summed E-state index contributed by atoms with van der Waals surface area (Å²) in [7, 11) is 0.